The van der Waals surface area contributed by atoms with Crippen molar-refractivity contribution in [2.45, 2.75) is 38.6 Å². The number of ether oxygens (including phenoxy) is 1. The second-order valence-electron chi connectivity index (χ2n) is 6.74. The van der Waals surface area contributed by atoms with Gasteiger partial charge in [0.05, 0.1) is 12.5 Å². The summed E-state index contributed by atoms with van der Waals surface area (Å²) in [4.78, 5) is 31.6. The first kappa shape index (κ1) is 17.7. The van der Waals surface area contributed by atoms with E-state index in [4.69, 9.17) is 9.72 Å². The van der Waals surface area contributed by atoms with E-state index in [1.54, 1.807) is 18.4 Å². The summed E-state index contributed by atoms with van der Waals surface area (Å²) in [5, 5.41) is 10.2. The molecule has 2 heterocycles. The highest BCUT2D eigenvalue weighted by Gasteiger charge is 2.27. The summed E-state index contributed by atoms with van der Waals surface area (Å²) in [5.74, 6) is 0.0910. The van der Waals surface area contributed by atoms with Gasteiger partial charge in [-0.1, -0.05) is 18.2 Å². The van der Waals surface area contributed by atoms with Gasteiger partial charge in [0.2, 0.25) is 0 Å². The number of carbonyl (C=O) groups is 1. The van der Waals surface area contributed by atoms with Crippen molar-refractivity contribution < 1.29 is 14.6 Å². The Morgan fingerprint density at radius 3 is 2.89 bits per heavy atom. The summed E-state index contributed by atoms with van der Waals surface area (Å²) in [5.41, 5.74) is 1.67. The number of benzene rings is 1. The lowest BCUT2D eigenvalue weighted by Crippen LogP contribution is -2.32. The highest BCUT2D eigenvalue weighted by atomic mass is 32.1. The van der Waals surface area contributed by atoms with Gasteiger partial charge in [-0.25, -0.2) is 9.78 Å². The molecule has 1 atom stereocenters. The standard InChI is InChI=1S/C20H20N2O4S/c1-11(20(24)25)22-16(10-12-6-3-4-8-14(12)26-2)21-18-17(19(22)23)13-7-5-9-15(13)27-18/h3-4,6,8,11H,5,7,9-10H2,1-2H3,(H,24,25). The molecule has 4 rings (SSSR count). The van der Waals surface area contributed by atoms with Crippen molar-refractivity contribution in [3.8, 4) is 5.75 Å². The number of hydrogen-bond donors (Lipinski definition) is 1. The molecular weight excluding hydrogens is 364 g/mol. The highest BCUT2D eigenvalue weighted by molar-refractivity contribution is 7.18. The molecule has 1 aromatic carbocycles. The smallest absolute Gasteiger partial charge is 0.326 e. The molecule has 2 aromatic heterocycles. The maximum atomic E-state index is 13.3. The van der Waals surface area contributed by atoms with Crippen molar-refractivity contribution in [2.24, 2.45) is 0 Å². The summed E-state index contributed by atoms with van der Waals surface area (Å²) in [7, 11) is 1.59. The van der Waals surface area contributed by atoms with E-state index in [-0.39, 0.29) is 5.56 Å². The first-order valence-electron chi connectivity index (χ1n) is 8.91. The van der Waals surface area contributed by atoms with Crippen LogP contribution in [-0.2, 0) is 24.1 Å². The molecule has 0 saturated carbocycles. The zero-order chi connectivity index (χ0) is 19.1. The average Bonchev–Trinajstić information content (AvgIpc) is 3.22. The molecule has 0 spiro atoms. The molecule has 0 radical (unpaired) electrons. The van der Waals surface area contributed by atoms with Crippen LogP contribution in [0.5, 0.6) is 5.75 Å². The molecule has 1 N–H and O–H groups in total. The number of fused-ring (bicyclic) bond motifs is 3. The van der Waals surface area contributed by atoms with Crippen LogP contribution in [0.3, 0.4) is 0 Å². The van der Waals surface area contributed by atoms with Crippen molar-refractivity contribution in [1.82, 2.24) is 9.55 Å². The van der Waals surface area contributed by atoms with Crippen LogP contribution in [0, 0.1) is 0 Å². The molecule has 1 unspecified atom stereocenters. The summed E-state index contributed by atoms with van der Waals surface area (Å²) < 4.78 is 6.74. The molecule has 0 aliphatic heterocycles. The van der Waals surface area contributed by atoms with Gasteiger partial charge in [0.1, 0.15) is 22.4 Å². The van der Waals surface area contributed by atoms with Gasteiger partial charge in [0.25, 0.3) is 5.56 Å². The molecule has 6 nitrogen and oxygen atoms in total. The fourth-order valence-electron chi connectivity index (χ4n) is 3.75. The molecule has 1 aliphatic rings. The van der Waals surface area contributed by atoms with Crippen molar-refractivity contribution >= 4 is 27.5 Å². The van der Waals surface area contributed by atoms with Gasteiger partial charge in [-0.2, -0.15) is 0 Å². The zero-order valence-corrected chi connectivity index (χ0v) is 16.0. The number of aliphatic carboxylic acids is 1. The zero-order valence-electron chi connectivity index (χ0n) is 15.2. The lowest BCUT2D eigenvalue weighted by atomic mass is 10.1. The highest BCUT2D eigenvalue weighted by Crippen LogP contribution is 2.35. The third-order valence-electron chi connectivity index (χ3n) is 5.13. The molecule has 3 aromatic rings. The minimum Gasteiger partial charge on any atom is -0.496 e. The Morgan fingerprint density at radius 1 is 1.37 bits per heavy atom. The Morgan fingerprint density at radius 2 is 2.15 bits per heavy atom. The van der Waals surface area contributed by atoms with Gasteiger partial charge in [-0.3, -0.25) is 9.36 Å². The van der Waals surface area contributed by atoms with Crippen LogP contribution in [0.25, 0.3) is 10.2 Å². The Kier molecular flexibility index (Phi) is 4.47. The van der Waals surface area contributed by atoms with Crippen LogP contribution in [0.15, 0.2) is 29.1 Å². The molecule has 0 saturated heterocycles. The van der Waals surface area contributed by atoms with Crippen LogP contribution >= 0.6 is 11.3 Å². The third-order valence-corrected chi connectivity index (χ3v) is 6.32. The number of methoxy groups -OCH3 is 1. The number of para-hydroxylation sites is 1. The normalized spacial score (nSPS) is 14.3. The van der Waals surface area contributed by atoms with E-state index < -0.39 is 12.0 Å². The number of aryl methyl sites for hydroxylation is 2. The Hall–Kier alpha value is -2.67. The largest absolute Gasteiger partial charge is 0.496 e. The van der Waals surface area contributed by atoms with E-state index in [1.165, 1.54) is 16.4 Å². The van der Waals surface area contributed by atoms with Gasteiger partial charge in [-0.05, 0) is 37.8 Å². The monoisotopic (exact) mass is 384 g/mol. The Labute approximate surface area is 160 Å². The van der Waals surface area contributed by atoms with E-state index in [2.05, 4.69) is 0 Å². The third kappa shape index (κ3) is 2.92. The van der Waals surface area contributed by atoms with E-state index in [1.807, 2.05) is 24.3 Å². The summed E-state index contributed by atoms with van der Waals surface area (Å²) >= 11 is 1.56. The van der Waals surface area contributed by atoms with Crippen LogP contribution in [0.2, 0.25) is 0 Å². The van der Waals surface area contributed by atoms with Crippen molar-refractivity contribution in [3.05, 3.63) is 56.4 Å². The van der Waals surface area contributed by atoms with Gasteiger partial charge in [0.15, 0.2) is 0 Å². The number of carboxylic acids is 1. The van der Waals surface area contributed by atoms with Gasteiger partial charge in [0, 0.05) is 16.9 Å². The fourth-order valence-corrected chi connectivity index (χ4v) is 5.02. The number of hydrogen-bond acceptors (Lipinski definition) is 5. The van der Waals surface area contributed by atoms with Crippen molar-refractivity contribution in [1.29, 1.82) is 0 Å². The van der Waals surface area contributed by atoms with E-state index in [0.717, 1.165) is 30.4 Å². The predicted molar refractivity (Wildman–Crippen MR) is 104 cm³/mol. The minimum atomic E-state index is -1.05. The molecule has 140 valence electrons. The van der Waals surface area contributed by atoms with E-state index >= 15 is 0 Å². The summed E-state index contributed by atoms with van der Waals surface area (Å²) in [6, 6.07) is 6.52. The molecule has 7 heteroatoms. The van der Waals surface area contributed by atoms with Crippen LogP contribution in [0.4, 0.5) is 0 Å². The lowest BCUT2D eigenvalue weighted by molar-refractivity contribution is -0.140. The number of aromatic nitrogens is 2. The van der Waals surface area contributed by atoms with Crippen molar-refractivity contribution in [2.75, 3.05) is 7.11 Å². The number of rotatable bonds is 5. The first-order chi connectivity index (χ1) is 13.0. The molecule has 0 bridgehead atoms. The fraction of sp³-hybridized carbons (Fsp3) is 0.350. The van der Waals surface area contributed by atoms with Gasteiger partial charge >= 0.3 is 5.97 Å². The molecule has 0 amide bonds. The summed E-state index contributed by atoms with van der Waals surface area (Å²) in [6.07, 6.45) is 3.19. The Bertz CT molecular complexity index is 1100. The second kappa shape index (κ2) is 6.81. The second-order valence-corrected chi connectivity index (χ2v) is 7.83. The van der Waals surface area contributed by atoms with Gasteiger partial charge in [-0.15, -0.1) is 11.3 Å². The Balaban J connectivity index is 1.94. The van der Waals surface area contributed by atoms with E-state index in [9.17, 15) is 14.7 Å². The van der Waals surface area contributed by atoms with Crippen LogP contribution < -0.4 is 10.3 Å². The predicted octanol–water partition coefficient (Wildman–Crippen LogP) is 3.19. The first-order valence-corrected chi connectivity index (χ1v) is 9.73. The molecule has 0 fully saturated rings. The SMILES string of the molecule is COc1ccccc1Cc1nc2sc3c(c2c(=O)n1C(C)C(=O)O)CCC3. The lowest BCUT2D eigenvalue weighted by Gasteiger charge is -2.17. The molecule has 27 heavy (non-hydrogen) atoms. The quantitative estimate of drug-likeness (QED) is 0.731. The number of thiophene rings is 1. The van der Waals surface area contributed by atoms with E-state index in [0.29, 0.717) is 28.2 Å². The topological polar surface area (TPSA) is 81.4 Å². The number of carboxylic acid groups (broad SMARTS) is 1. The summed E-state index contributed by atoms with van der Waals surface area (Å²) in [6.45, 7) is 1.52. The maximum absolute atomic E-state index is 13.3. The van der Waals surface area contributed by atoms with Crippen molar-refractivity contribution in [3.63, 3.8) is 0 Å². The van der Waals surface area contributed by atoms with Gasteiger partial charge < -0.3 is 9.84 Å². The average molecular weight is 384 g/mol. The minimum absolute atomic E-state index is 0.251. The van der Waals surface area contributed by atoms with Crippen LogP contribution in [-0.4, -0.2) is 27.7 Å². The molecule has 1 aliphatic carbocycles. The maximum Gasteiger partial charge on any atom is 0.326 e. The van der Waals surface area contributed by atoms with Crippen LogP contribution in [0.1, 0.15) is 41.2 Å². The number of nitrogens with zero attached hydrogens (tertiary/aromatic N) is 2. The molecular formula is C20H20N2O4S.